The topological polar surface area (TPSA) is 244 Å². The third kappa shape index (κ3) is 6.65. The van der Waals surface area contributed by atoms with Crippen LogP contribution in [0.3, 0.4) is 0 Å². The number of hydrogen-bond donors (Lipinski definition) is 10. The number of nitrogens with one attached hydrogen (secondary N) is 1. The second-order valence-electron chi connectivity index (χ2n) is 25.5. The smallest absolute Gasteiger partial charge is 0.234 e. The van der Waals surface area contributed by atoms with Crippen molar-refractivity contribution in [2.24, 2.45) is 74.4 Å². The number of fused-ring (bicyclic) bond motifs is 1. The number of aryl methyl sites for hydroxylation is 1. The second-order valence-corrected chi connectivity index (χ2v) is 28.0. The number of allylic oxidation sites excluding steroid dienone is 2. The fourth-order valence-corrected chi connectivity index (χ4v) is 22.0. The number of ether oxygens (including phenoxy) is 1. The number of phenols is 1. The number of phenolic OH excluding ortho intramolecular Hbond substituents is 1. The van der Waals surface area contributed by atoms with Gasteiger partial charge in [-0.15, -0.1) is 0 Å². The molecule has 5 saturated carbocycles. The standard InChI is InChI=1S/C56H80N2O12S2/c1-30(2)31(3)44-46(70-44)54(68)14-7-10-34-20-39-40-22-42(62)53(23-43(63)51(67,29-60)27-49(39,53)4)48(66)72-71-26-36-9-6-8-35(25-59)56(36)47(65)58(28-50(56)15-12-33(24-57-5)45(50)64)37-18-32(19-38(61)21-37)11-16-52(34)41(54)13-17-55(40,52)69/h7,10,18-19,21-22,30-31,33-36,39,41,43-46,48,57,59-61,63-64,66-69H,6,8-9,11-17,20,23-29H2,1-5H3/t31-,33-,34+,35+,36-,39+,41+,43-,44+,45+,46-,48+,49-,50-,51-,52-,53+,54-,55-,56+/m1/s1. The number of carbonyl (C=O) groups is 2. The SMILES string of the molecule is CNC[C@H]1CC[C@@]2(CN3C(=O)[C@@]24[C@H](CO)CCC[C@@H]4CSS[C@H](O)[C@@]24C[C@@H](O)[C@](O)(CO)C[C@]2(C)[C@H]2C[C@@H]5C=CC[C@](O)([C@@H]6O[C@H]6[C@H](C)C(C)C)[C@H]6CC[C@@](O)(C2=CC4=O)[C@@]65CCc2cc(O)cc3c2)[C@H]1O. The Labute approximate surface area is 432 Å². The van der Waals surface area contributed by atoms with Crippen LogP contribution in [0.25, 0.3) is 0 Å². The Bertz CT molecular complexity index is 2410. The fraction of sp³-hybridized carbons (Fsp3) is 0.786. The van der Waals surface area contributed by atoms with E-state index < -0.39 is 104 Å². The molecule has 20 atom stereocenters. The first kappa shape index (κ1) is 52.0. The summed E-state index contributed by atoms with van der Waals surface area (Å²) in [5.41, 5.74) is -11.1. The van der Waals surface area contributed by atoms with Gasteiger partial charge in [-0.1, -0.05) is 67.9 Å². The van der Waals surface area contributed by atoms with E-state index in [1.807, 2.05) is 26.1 Å². The van der Waals surface area contributed by atoms with Gasteiger partial charge in [0.15, 0.2) is 5.78 Å². The van der Waals surface area contributed by atoms with Crippen molar-refractivity contribution in [3.63, 3.8) is 0 Å². The average Bonchev–Trinajstić information content (AvgIpc) is 3.96. The van der Waals surface area contributed by atoms with Gasteiger partial charge >= 0.3 is 0 Å². The summed E-state index contributed by atoms with van der Waals surface area (Å²) in [4.78, 5) is 33.6. The molecule has 14 nitrogen and oxygen atoms in total. The van der Waals surface area contributed by atoms with Crippen LogP contribution >= 0.6 is 21.6 Å². The highest BCUT2D eigenvalue weighted by Crippen LogP contribution is 2.77. The Hall–Kier alpha value is -2.06. The van der Waals surface area contributed by atoms with Gasteiger partial charge in [-0.05, 0) is 160 Å². The summed E-state index contributed by atoms with van der Waals surface area (Å²) in [6, 6.07) is 5.27. The molecule has 8 bridgehead atoms. The monoisotopic (exact) mass is 1040 g/mol. The van der Waals surface area contributed by atoms with E-state index in [-0.39, 0.29) is 67.9 Å². The Morgan fingerprint density at radius 1 is 0.986 bits per heavy atom. The molecule has 12 aliphatic rings. The first-order valence-electron chi connectivity index (χ1n) is 27.2. The van der Waals surface area contributed by atoms with Crippen molar-refractivity contribution in [1.82, 2.24) is 5.32 Å². The van der Waals surface area contributed by atoms with Gasteiger partial charge in [0.1, 0.15) is 28.5 Å². The van der Waals surface area contributed by atoms with E-state index in [4.69, 9.17) is 4.74 Å². The summed E-state index contributed by atoms with van der Waals surface area (Å²) >= 11 is 0. The normalized spacial score (nSPS) is 50.0. The van der Waals surface area contributed by atoms with Crippen LogP contribution in [0.15, 0.2) is 42.0 Å². The first-order valence-corrected chi connectivity index (χ1v) is 29.6. The van der Waals surface area contributed by atoms with E-state index in [0.29, 0.717) is 87.3 Å². The number of amides is 1. The molecular weight excluding hydrogens is 957 g/mol. The van der Waals surface area contributed by atoms with Crippen molar-refractivity contribution in [1.29, 1.82) is 0 Å². The molecular formula is C56H80N2O12S2. The zero-order chi connectivity index (χ0) is 51.3. The third-order valence-corrected chi connectivity index (χ3v) is 25.3. The van der Waals surface area contributed by atoms with Crippen LogP contribution < -0.4 is 10.2 Å². The number of epoxide rings is 1. The highest BCUT2D eigenvalue weighted by atomic mass is 33.1. The molecule has 0 aromatic heterocycles. The van der Waals surface area contributed by atoms with Crippen molar-refractivity contribution in [2.75, 3.05) is 44.0 Å². The molecule has 0 radical (unpaired) electrons. The number of rotatable bonds is 7. The van der Waals surface area contributed by atoms with E-state index in [0.717, 1.165) is 22.8 Å². The van der Waals surface area contributed by atoms with E-state index in [2.05, 4.69) is 32.2 Å². The number of carbonyl (C=O) groups excluding carboxylic acids is 2. The molecule has 2 saturated heterocycles. The van der Waals surface area contributed by atoms with Gasteiger partial charge in [-0.3, -0.25) is 9.59 Å². The summed E-state index contributed by atoms with van der Waals surface area (Å²) in [7, 11) is 4.32. The van der Waals surface area contributed by atoms with Gasteiger partial charge in [-0.25, -0.2) is 0 Å². The average molecular weight is 1040 g/mol. The van der Waals surface area contributed by atoms with Gasteiger partial charge in [-0.2, -0.15) is 0 Å². The molecule has 4 spiro atoms. The Kier molecular flexibility index (Phi) is 12.8. The number of nitrogens with zero attached hydrogens (tertiary/aromatic N) is 1. The van der Waals surface area contributed by atoms with Crippen LogP contribution in [0.4, 0.5) is 5.69 Å². The van der Waals surface area contributed by atoms with E-state index in [1.165, 1.54) is 10.8 Å². The largest absolute Gasteiger partial charge is 0.508 e. The molecule has 72 heavy (non-hydrogen) atoms. The van der Waals surface area contributed by atoms with Crippen molar-refractivity contribution < 1.29 is 60.3 Å². The molecule has 5 aliphatic heterocycles. The lowest BCUT2D eigenvalue weighted by Crippen LogP contribution is -2.72. The molecule has 0 unspecified atom stereocenters. The van der Waals surface area contributed by atoms with Crippen molar-refractivity contribution in [3.05, 3.63) is 47.6 Å². The van der Waals surface area contributed by atoms with E-state index in [1.54, 1.807) is 23.1 Å². The number of hydrogen-bond acceptors (Lipinski definition) is 15. The maximum atomic E-state index is 16.1. The molecule has 10 N–H and O–H groups in total. The summed E-state index contributed by atoms with van der Waals surface area (Å²) in [6.45, 7) is 8.01. The van der Waals surface area contributed by atoms with Gasteiger partial charge in [0, 0.05) is 54.0 Å². The number of ketones is 1. The van der Waals surface area contributed by atoms with Crippen LogP contribution in [0, 0.1) is 74.4 Å². The fourth-order valence-electron chi connectivity index (χ4n) is 18.9. The molecule has 398 valence electrons. The van der Waals surface area contributed by atoms with Crippen molar-refractivity contribution in [3.8, 4) is 5.75 Å². The lowest BCUT2D eigenvalue weighted by molar-refractivity contribution is -0.235. The minimum atomic E-state index is -2.02. The summed E-state index contributed by atoms with van der Waals surface area (Å²) in [6.07, 6.45) is 7.09. The maximum Gasteiger partial charge on any atom is 0.234 e. The summed E-state index contributed by atoms with van der Waals surface area (Å²) in [5, 5.41) is 115. The number of aromatic hydroxyl groups is 1. The number of aliphatic hydroxyl groups excluding tert-OH is 5. The molecule has 7 fully saturated rings. The number of aliphatic hydroxyl groups is 8. The Morgan fingerprint density at radius 3 is 2.49 bits per heavy atom. The van der Waals surface area contributed by atoms with Crippen LogP contribution in [0.5, 0.6) is 5.75 Å². The number of benzene rings is 1. The zero-order valence-electron chi connectivity index (χ0n) is 42.7. The van der Waals surface area contributed by atoms with Crippen LogP contribution in [0.2, 0.25) is 0 Å². The van der Waals surface area contributed by atoms with Gasteiger partial charge in [0.2, 0.25) is 5.91 Å². The van der Waals surface area contributed by atoms with Gasteiger partial charge in [0.05, 0.1) is 41.3 Å². The molecule has 13 rings (SSSR count). The van der Waals surface area contributed by atoms with Gasteiger partial charge in [0.25, 0.3) is 0 Å². The highest BCUT2D eigenvalue weighted by Gasteiger charge is 2.79. The van der Waals surface area contributed by atoms with Crippen LogP contribution in [-0.4, -0.2) is 143 Å². The predicted octanol–water partition coefficient (Wildman–Crippen LogP) is 4.65. The Morgan fingerprint density at radius 2 is 1.76 bits per heavy atom. The quantitative estimate of drug-likeness (QED) is 0.102. The predicted molar refractivity (Wildman–Crippen MR) is 274 cm³/mol. The maximum absolute atomic E-state index is 16.1. The van der Waals surface area contributed by atoms with Gasteiger partial charge < -0.3 is 60.9 Å². The minimum absolute atomic E-state index is 0.0367. The molecule has 1 aromatic rings. The zero-order valence-corrected chi connectivity index (χ0v) is 44.3. The molecule has 16 heteroatoms. The van der Waals surface area contributed by atoms with Crippen LogP contribution in [0.1, 0.15) is 110 Å². The Balaban J connectivity index is 1.12. The van der Waals surface area contributed by atoms with E-state index >= 15 is 9.59 Å². The molecule has 5 heterocycles. The van der Waals surface area contributed by atoms with Crippen molar-refractivity contribution >= 4 is 39.0 Å². The lowest BCUT2D eigenvalue weighted by atomic mass is 9.38. The first-order chi connectivity index (χ1) is 34.1. The second kappa shape index (κ2) is 17.7. The van der Waals surface area contributed by atoms with E-state index in [9.17, 15) is 46.0 Å². The lowest BCUT2D eigenvalue weighted by Gasteiger charge is -2.68. The minimum Gasteiger partial charge on any atom is -0.508 e. The highest BCUT2D eigenvalue weighted by molar-refractivity contribution is 8.76. The molecule has 7 aliphatic carbocycles. The molecule has 1 aromatic carbocycles. The van der Waals surface area contributed by atoms with Crippen LogP contribution in [-0.2, 0) is 20.7 Å². The summed E-state index contributed by atoms with van der Waals surface area (Å²) in [5.74, 6) is -2.44. The third-order valence-electron chi connectivity index (χ3n) is 22.7. The molecule has 1 amide bonds. The summed E-state index contributed by atoms with van der Waals surface area (Å²) < 4.78 is 6.51. The van der Waals surface area contributed by atoms with Crippen molar-refractivity contribution in [2.45, 2.75) is 158 Å². The number of anilines is 1.